The fourth-order valence-electron chi connectivity index (χ4n) is 0.706. The van der Waals surface area contributed by atoms with Crippen LogP contribution in [-0.4, -0.2) is 41.5 Å². The van der Waals surface area contributed by atoms with E-state index in [1.165, 1.54) is 13.0 Å². The van der Waals surface area contributed by atoms with Crippen LogP contribution in [0, 0.1) is 0 Å². The molecule has 25 heavy (non-hydrogen) atoms. The van der Waals surface area contributed by atoms with Gasteiger partial charge in [-0.2, -0.15) is 0 Å². The number of carbonyl (C=O) groups is 4. The van der Waals surface area contributed by atoms with Crippen LogP contribution < -0.4 is 16.0 Å². The Morgan fingerprint density at radius 3 is 1.40 bits per heavy atom. The lowest BCUT2D eigenvalue weighted by Gasteiger charge is -2.02. The van der Waals surface area contributed by atoms with E-state index in [9.17, 15) is 19.2 Å². The van der Waals surface area contributed by atoms with Gasteiger partial charge in [-0.05, 0) is 39.0 Å². The number of hydrogen-bond donors (Lipinski definition) is 4. The molecule has 3 amide bonds. The van der Waals surface area contributed by atoms with Gasteiger partial charge in [0.1, 0.15) is 0 Å². The minimum absolute atomic E-state index is 0.0930. The van der Waals surface area contributed by atoms with Crippen LogP contribution in [0.3, 0.4) is 0 Å². The molecule has 0 aliphatic carbocycles. The molecule has 0 saturated heterocycles. The smallest absolute Gasteiger partial charge is 0.330 e. The highest BCUT2D eigenvalue weighted by Gasteiger charge is 1.94. The van der Waals surface area contributed by atoms with Gasteiger partial charge in [0.15, 0.2) is 0 Å². The van der Waals surface area contributed by atoms with Crippen molar-refractivity contribution in [3.8, 4) is 0 Å². The number of rotatable bonds is 7. The number of amides is 3. The second-order valence-electron chi connectivity index (χ2n) is 4.62. The molecule has 0 aliphatic heterocycles. The van der Waals surface area contributed by atoms with E-state index in [0.717, 1.165) is 12.2 Å². The van der Waals surface area contributed by atoms with Gasteiger partial charge in [0.2, 0.25) is 17.7 Å². The fraction of sp³-hybridized carbons (Fsp3) is 0.294. The highest BCUT2D eigenvalue weighted by atomic mass is 16.4. The van der Waals surface area contributed by atoms with Crippen molar-refractivity contribution in [3.05, 3.63) is 50.1 Å². The van der Waals surface area contributed by atoms with Gasteiger partial charge < -0.3 is 21.1 Å². The van der Waals surface area contributed by atoms with E-state index < -0.39 is 5.97 Å². The first-order valence-electron chi connectivity index (χ1n) is 7.13. The lowest BCUT2D eigenvalue weighted by molar-refractivity contribution is -0.132. The van der Waals surface area contributed by atoms with Gasteiger partial charge >= 0.3 is 5.97 Å². The second kappa shape index (κ2) is 17.2. The molecule has 4 N–H and O–H groups in total. The summed E-state index contributed by atoms with van der Waals surface area (Å²) >= 11 is 0. The normalized spacial score (nSPS) is 8.16. The Balaban J connectivity index is -0.000000306. The zero-order valence-electron chi connectivity index (χ0n) is 14.9. The predicted octanol–water partition coefficient (Wildman–Crippen LogP) is 0.892. The maximum atomic E-state index is 10.5. The van der Waals surface area contributed by atoms with Gasteiger partial charge in [0, 0.05) is 11.6 Å². The van der Waals surface area contributed by atoms with E-state index in [2.05, 4.69) is 42.3 Å². The zero-order valence-corrected chi connectivity index (χ0v) is 14.9. The van der Waals surface area contributed by atoms with Gasteiger partial charge in [-0.3, -0.25) is 14.4 Å². The Labute approximate surface area is 148 Å². The Morgan fingerprint density at radius 2 is 1.24 bits per heavy atom. The monoisotopic (exact) mass is 353 g/mol. The zero-order chi connectivity index (χ0) is 20.4. The minimum Gasteiger partial charge on any atom is -0.478 e. The van der Waals surface area contributed by atoms with Crippen molar-refractivity contribution < 1.29 is 24.3 Å². The Hall–Kier alpha value is -3.16. The lowest BCUT2D eigenvalue weighted by atomic mass is 10.4. The maximum absolute atomic E-state index is 10.5. The van der Waals surface area contributed by atoms with Crippen LogP contribution in [-0.2, 0) is 19.2 Å². The highest BCUT2D eigenvalue weighted by Crippen LogP contribution is 1.81. The summed E-state index contributed by atoms with van der Waals surface area (Å²) in [6, 6.07) is 0.209. The van der Waals surface area contributed by atoms with Crippen molar-refractivity contribution in [1.29, 1.82) is 0 Å². The molecule has 0 aliphatic rings. The molecule has 0 fully saturated rings. The standard InChI is InChI=1S/C7H10N2O2.C6H11NO.C4H6O2/c1-3-6(10)8-5-9-7(11)4-2;1-4-6(8)7-5(2)3;1-3(2)4(5)6/h3-4H,1-2,5H2,(H,8,10)(H,9,11);4-5H,1H2,2-3H3,(H,7,8);1H2,2H3,(H,5,6). The van der Waals surface area contributed by atoms with E-state index >= 15 is 0 Å². The largest absolute Gasteiger partial charge is 0.478 e. The molecule has 0 radical (unpaired) electrons. The van der Waals surface area contributed by atoms with Crippen molar-refractivity contribution in [2.75, 3.05) is 6.67 Å². The van der Waals surface area contributed by atoms with E-state index in [0.29, 0.717) is 0 Å². The van der Waals surface area contributed by atoms with Crippen LogP contribution in [0.2, 0.25) is 0 Å². The average Bonchev–Trinajstić information content (AvgIpc) is 2.54. The lowest BCUT2D eigenvalue weighted by Crippen LogP contribution is -2.35. The second-order valence-corrected chi connectivity index (χ2v) is 4.62. The molecule has 0 aromatic carbocycles. The van der Waals surface area contributed by atoms with Crippen LogP contribution in [0.1, 0.15) is 20.8 Å². The minimum atomic E-state index is -0.935. The third kappa shape index (κ3) is 26.1. The Bertz CT molecular complexity index is 478. The van der Waals surface area contributed by atoms with Crippen molar-refractivity contribution >= 4 is 23.7 Å². The third-order valence-corrected chi connectivity index (χ3v) is 1.88. The molecule has 0 unspecified atom stereocenters. The molecule has 140 valence electrons. The SMILES string of the molecule is C=C(C)C(=O)O.C=CC(=O)NC(C)C.C=CC(=O)NCNC(=O)C=C. The molecule has 0 bridgehead atoms. The third-order valence-electron chi connectivity index (χ3n) is 1.88. The summed E-state index contributed by atoms with van der Waals surface area (Å²) in [5.41, 5.74) is 0.176. The van der Waals surface area contributed by atoms with Crippen LogP contribution in [0.4, 0.5) is 0 Å². The summed E-state index contributed by atoms with van der Waals surface area (Å²) in [7, 11) is 0. The summed E-state index contributed by atoms with van der Waals surface area (Å²) in [6.45, 7) is 18.3. The maximum Gasteiger partial charge on any atom is 0.330 e. The first kappa shape index (κ1) is 26.7. The van der Waals surface area contributed by atoms with E-state index in [4.69, 9.17) is 5.11 Å². The van der Waals surface area contributed by atoms with Crippen molar-refractivity contribution in [3.63, 3.8) is 0 Å². The number of carbonyl (C=O) groups excluding carboxylic acids is 3. The highest BCUT2D eigenvalue weighted by molar-refractivity contribution is 5.89. The summed E-state index contributed by atoms with van der Waals surface area (Å²) < 4.78 is 0. The van der Waals surface area contributed by atoms with E-state index in [1.807, 2.05) is 13.8 Å². The van der Waals surface area contributed by atoms with E-state index in [-0.39, 0.29) is 36.0 Å². The molecule has 0 heterocycles. The molecular formula is C17H27N3O5. The van der Waals surface area contributed by atoms with Gasteiger partial charge in [-0.1, -0.05) is 26.3 Å². The predicted molar refractivity (Wildman–Crippen MR) is 97.5 cm³/mol. The average molecular weight is 353 g/mol. The van der Waals surface area contributed by atoms with Crippen LogP contribution in [0.15, 0.2) is 50.1 Å². The number of nitrogens with one attached hydrogen (secondary N) is 3. The molecule has 0 aromatic heterocycles. The Kier molecular flexibility index (Phi) is 18.4. The van der Waals surface area contributed by atoms with Crippen molar-refractivity contribution in [2.45, 2.75) is 26.8 Å². The van der Waals surface area contributed by atoms with Gasteiger partial charge in [0.05, 0.1) is 6.67 Å². The quantitative estimate of drug-likeness (QED) is 0.400. The van der Waals surface area contributed by atoms with Crippen LogP contribution >= 0.6 is 0 Å². The summed E-state index contributed by atoms with van der Waals surface area (Å²) in [4.78, 5) is 40.9. The molecule has 0 saturated carbocycles. The molecule has 0 atom stereocenters. The summed E-state index contributed by atoms with van der Waals surface area (Å²) in [5, 5.41) is 15.2. The Morgan fingerprint density at radius 1 is 0.920 bits per heavy atom. The first-order chi connectivity index (χ1) is 11.5. The molecule has 8 nitrogen and oxygen atoms in total. The van der Waals surface area contributed by atoms with Gasteiger partial charge in [-0.15, -0.1) is 0 Å². The van der Waals surface area contributed by atoms with Crippen LogP contribution in [0.25, 0.3) is 0 Å². The fourth-order valence-corrected chi connectivity index (χ4v) is 0.706. The van der Waals surface area contributed by atoms with Gasteiger partial charge in [0.25, 0.3) is 0 Å². The molecule has 0 rings (SSSR count). The first-order valence-corrected chi connectivity index (χ1v) is 7.13. The molecule has 0 spiro atoms. The van der Waals surface area contributed by atoms with Gasteiger partial charge in [-0.25, -0.2) is 4.79 Å². The van der Waals surface area contributed by atoms with Crippen LogP contribution in [0.5, 0.6) is 0 Å². The number of hydrogen-bond acceptors (Lipinski definition) is 4. The molecule has 0 aromatic rings. The number of aliphatic carboxylic acids is 1. The number of carboxylic acid groups (broad SMARTS) is 1. The van der Waals surface area contributed by atoms with Crippen molar-refractivity contribution in [2.24, 2.45) is 0 Å². The van der Waals surface area contributed by atoms with E-state index in [1.54, 1.807) is 0 Å². The topological polar surface area (TPSA) is 125 Å². The summed E-state index contributed by atoms with van der Waals surface area (Å²) in [6.07, 6.45) is 3.51. The molecule has 8 heteroatoms. The molecular weight excluding hydrogens is 326 g/mol. The number of carboxylic acids is 1. The summed E-state index contributed by atoms with van der Waals surface area (Å²) in [5.74, 6) is -1.70. The van der Waals surface area contributed by atoms with Crippen molar-refractivity contribution in [1.82, 2.24) is 16.0 Å².